The Morgan fingerprint density at radius 1 is 1.45 bits per heavy atom. The second-order valence-electron chi connectivity index (χ2n) is 5.76. The minimum atomic E-state index is -0.888. The Bertz CT molecular complexity index is 629. The van der Waals surface area contributed by atoms with Crippen LogP contribution in [0.15, 0.2) is 23.4 Å². The van der Waals surface area contributed by atoms with Gasteiger partial charge in [0.2, 0.25) is 6.10 Å². The molecule has 1 aromatic rings. The Morgan fingerprint density at radius 2 is 2.23 bits per heavy atom. The van der Waals surface area contributed by atoms with Crippen molar-refractivity contribution >= 4 is 11.6 Å². The van der Waals surface area contributed by atoms with Crippen LogP contribution in [0, 0.1) is 11.6 Å². The van der Waals surface area contributed by atoms with E-state index in [9.17, 15) is 18.7 Å². The van der Waals surface area contributed by atoms with Crippen molar-refractivity contribution in [2.24, 2.45) is 5.16 Å². The van der Waals surface area contributed by atoms with Crippen LogP contribution < -0.4 is 5.32 Å². The molecule has 0 saturated heterocycles. The van der Waals surface area contributed by atoms with Crippen LogP contribution in [0.4, 0.5) is 8.78 Å². The molecule has 1 fully saturated rings. The molecule has 1 aliphatic carbocycles. The van der Waals surface area contributed by atoms with Crippen LogP contribution in [0.1, 0.15) is 31.2 Å². The van der Waals surface area contributed by atoms with Gasteiger partial charge < -0.3 is 15.3 Å². The van der Waals surface area contributed by atoms with Gasteiger partial charge in [-0.3, -0.25) is 4.79 Å². The van der Waals surface area contributed by atoms with Crippen LogP contribution in [0.5, 0.6) is 0 Å². The molecule has 1 amide bonds. The SMILES string of the molecule is O=C(NCC1(O)CCC1)C1CC(c2cc(F)ccc2F)=NO1. The molecule has 7 heteroatoms. The summed E-state index contributed by atoms with van der Waals surface area (Å²) in [7, 11) is 0. The first-order valence-corrected chi connectivity index (χ1v) is 7.15. The fraction of sp³-hybridized carbons (Fsp3) is 0.467. The van der Waals surface area contributed by atoms with Gasteiger partial charge in [-0.2, -0.15) is 0 Å². The zero-order valence-electron chi connectivity index (χ0n) is 11.8. The van der Waals surface area contributed by atoms with Crippen molar-refractivity contribution < 1.29 is 23.5 Å². The predicted molar refractivity (Wildman–Crippen MR) is 74.2 cm³/mol. The van der Waals surface area contributed by atoms with Gasteiger partial charge in [0.15, 0.2) is 0 Å². The van der Waals surface area contributed by atoms with E-state index in [1.807, 2.05) is 0 Å². The molecule has 3 rings (SSSR count). The number of hydrogen-bond acceptors (Lipinski definition) is 4. The van der Waals surface area contributed by atoms with Gasteiger partial charge >= 0.3 is 0 Å². The second kappa shape index (κ2) is 5.64. The summed E-state index contributed by atoms with van der Waals surface area (Å²) in [5.74, 6) is -1.62. The first-order chi connectivity index (χ1) is 10.5. The van der Waals surface area contributed by atoms with Crippen LogP contribution in [0.25, 0.3) is 0 Å². The molecule has 5 nitrogen and oxygen atoms in total. The van der Waals surface area contributed by atoms with Crippen molar-refractivity contribution in [3.8, 4) is 0 Å². The largest absolute Gasteiger partial charge is 0.388 e. The van der Waals surface area contributed by atoms with Crippen molar-refractivity contribution in [1.29, 1.82) is 0 Å². The minimum absolute atomic E-state index is 0.00655. The van der Waals surface area contributed by atoms with E-state index >= 15 is 0 Å². The highest BCUT2D eigenvalue weighted by molar-refractivity contribution is 6.04. The van der Waals surface area contributed by atoms with Gasteiger partial charge in [0.05, 0.1) is 11.3 Å². The molecular formula is C15H16F2N2O3. The lowest BCUT2D eigenvalue weighted by molar-refractivity contribution is -0.133. The molecule has 2 N–H and O–H groups in total. The first-order valence-electron chi connectivity index (χ1n) is 7.15. The number of nitrogens with zero attached hydrogens (tertiary/aromatic N) is 1. The van der Waals surface area contributed by atoms with Crippen LogP contribution in [-0.2, 0) is 9.63 Å². The van der Waals surface area contributed by atoms with Crippen LogP contribution in [0.2, 0.25) is 0 Å². The molecule has 1 aromatic carbocycles. The monoisotopic (exact) mass is 310 g/mol. The fourth-order valence-electron chi connectivity index (χ4n) is 2.52. The molecule has 1 unspecified atom stereocenters. The summed E-state index contributed by atoms with van der Waals surface area (Å²) in [6.45, 7) is 0.162. The number of nitrogens with one attached hydrogen (secondary N) is 1. The van der Waals surface area contributed by atoms with E-state index in [1.165, 1.54) is 0 Å². The van der Waals surface area contributed by atoms with E-state index in [1.54, 1.807) is 0 Å². The topological polar surface area (TPSA) is 70.9 Å². The molecular weight excluding hydrogens is 294 g/mol. The number of amides is 1. The number of hydrogen-bond donors (Lipinski definition) is 2. The Morgan fingerprint density at radius 3 is 2.91 bits per heavy atom. The third-order valence-electron chi connectivity index (χ3n) is 4.08. The van der Waals surface area contributed by atoms with Gasteiger partial charge in [-0.05, 0) is 37.5 Å². The summed E-state index contributed by atoms with van der Waals surface area (Å²) in [5, 5.41) is 16.2. The average Bonchev–Trinajstić information content (AvgIpc) is 2.95. The number of carbonyl (C=O) groups is 1. The predicted octanol–water partition coefficient (Wildman–Crippen LogP) is 1.49. The lowest BCUT2D eigenvalue weighted by atomic mass is 9.80. The van der Waals surface area contributed by atoms with Gasteiger partial charge in [-0.1, -0.05) is 5.16 Å². The third-order valence-corrected chi connectivity index (χ3v) is 4.08. The van der Waals surface area contributed by atoms with E-state index in [0.717, 1.165) is 24.6 Å². The fourth-order valence-corrected chi connectivity index (χ4v) is 2.52. The molecule has 118 valence electrons. The summed E-state index contributed by atoms with van der Waals surface area (Å²) in [6.07, 6.45) is 1.44. The van der Waals surface area contributed by atoms with Gasteiger partial charge in [0, 0.05) is 18.5 Å². The molecule has 0 aromatic heterocycles. The highest BCUT2D eigenvalue weighted by atomic mass is 19.1. The standard InChI is InChI=1S/C15H16F2N2O3/c16-9-2-3-11(17)10(6-9)12-7-13(22-19-12)14(20)18-8-15(21)4-1-5-15/h2-3,6,13,21H,1,4-5,7-8H2,(H,18,20). The molecule has 2 aliphatic rings. The number of rotatable bonds is 4. The van der Waals surface area contributed by atoms with E-state index in [-0.39, 0.29) is 24.2 Å². The summed E-state index contributed by atoms with van der Waals surface area (Å²) in [5.41, 5.74) is -0.639. The zero-order valence-corrected chi connectivity index (χ0v) is 11.8. The van der Waals surface area contributed by atoms with Crippen molar-refractivity contribution in [3.05, 3.63) is 35.4 Å². The highest BCUT2D eigenvalue weighted by Crippen LogP contribution is 2.30. The Labute approximate surface area is 126 Å². The summed E-state index contributed by atoms with van der Waals surface area (Å²) in [6, 6.07) is 3.04. The van der Waals surface area contributed by atoms with E-state index in [4.69, 9.17) is 4.84 Å². The van der Waals surface area contributed by atoms with Crippen molar-refractivity contribution in [1.82, 2.24) is 5.32 Å². The van der Waals surface area contributed by atoms with Crippen LogP contribution in [0.3, 0.4) is 0 Å². The van der Waals surface area contributed by atoms with Gasteiger partial charge in [0.25, 0.3) is 5.91 Å². The quantitative estimate of drug-likeness (QED) is 0.885. The van der Waals surface area contributed by atoms with Gasteiger partial charge in [-0.25, -0.2) is 8.78 Å². The minimum Gasteiger partial charge on any atom is -0.388 e. The third kappa shape index (κ3) is 2.94. The maximum Gasteiger partial charge on any atom is 0.264 e. The van der Waals surface area contributed by atoms with Crippen molar-refractivity contribution in [2.75, 3.05) is 6.54 Å². The normalized spacial score (nSPS) is 22.5. The number of benzene rings is 1. The van der Waals surface area contributed by atoms with Gasteiger partial charge in [-0.15, -0.1) is 0 Å². The summed E-state index contributed by atoms with van der Waals surface area (Å²) in [4.78, 5) is 17.0. The maximum absolute atomic E-state index is 13.7. The van der Waals surface area contributed by atoms with E-state index < -0.39 is 29.2 Å². The average molecular weight is 310 g/mol. The number of halogens is 2. The maximum atomic E-state index is 13.7. The first kappa shape index (κ1) is 14.9. The zero-order chi connectivity index (χ0) is 15.7. The summed E-state index contributed by atoms with van der Waals surface area (Å²) >= 11 is 0. The summed E-state index contributed by atoms with van der Waals surface area (Å²) < 4.78 is 26.9. The number of oxime groups is 1. The number of carbonyl (C=O) groups excluding carboxylic acids is 1. The Balaban J connectivity index is 1.59. The molecule has 22 heavy (non-hydrogen) atoms. The van der Waals surface area contributed by atoms with E-state index in [2.05, 4.69) is 10.5 Å². The van der Waals surface area contributed by atoms with Crippen molar-refractivity contribution in [3.63, 3.8) is 0 Å². The molecule has 1 saturated carbocycles. The molecule has 0 radical (unpaired) electrons. The van der Waals surface area contributed by atoms with E-state index in [0.29, 0.717) is 12.8 Å². The lowest BCUT2D eigenvalue weighted by Gasteiger charge is -2.36. The van der Waals surface area contributed by atoms with Gasteiger partial charge in [0.1, 0.15) is 11.6 Å². The van der Waals surface area contributed by atoms with Crippen LogP contribution >= 0.6 is 0 Å². The highest BCUT2D eigenvalue weighted by Gasteiger charge is 2.36. The molecule has 1 aliphatic heterocycles. The molecule has 0 spiro atoms. The smallest absolute Gasteiger partial charge is 0.264 e. The molecule has 1 atom stereocenters. The Hall–Kier alpha value is -2.02. The Kier molecular flexibility index (Phi) is 3.82. The lowest BCUT2D eigenvalue weighted by Crippen LogP contribution is -2.49. The second-order valence-corrected chi connectivity index (χ2v) is 5.76. The van der Waals surface area contributed by atoms with Crippen molar-refractivity contribution in [2.45, 2.75) is 37.4 Å². The number of aliphatic hydroxyl groups is 1. The van der Waals surface area contributed by atoms with Crippen LogP contribution in [-0.4, -0.2) is 35.0 Å². The molecule has 0 bridgehead atoms. The molecule has 1 heterocycles.